The molecule has 15 heavy (non-hydrogen) atoms. The van der Waals surface area contributed by atoms with Gasteiger partial charge in [0.15, 0.2) is 5.82 Å². The maximum absolute atomic E-state index is 5.89. The van der Waals surface area contributed by atoms with Crippen molar-refractivity contribution in [1.82, 2.24) is 9.78 Å². The Morgan fingerprint density at radius 2 is 2.20 bits per heavy atom. The van der Waals surface area contributed by atoms with Crippen LogP contribution in [0.3, 0.4) is 0 Å². The number of hydrogen-bond donors (Lipinski definition) is 2. The van der Waals surface area contributed by atoms with Crippen LogP contribution in [0.5, 0.6) is 0 Å². The Balaban J connectivity index is 2.28. The van der Waals surface area contributed by atoms with Crippen molar-refractivity contribution in [3.63, 3.8) is 0 Å². The smallest absolute Gasteiger partial charge is 0.152 e. The third kappa shape index (κ3) is 2.05. The Morgan fingerprint density at radius 1 is 1.40 bits per heavy atom. The summed E-state index contributed by atoms with van der Waals surface area (Å²) in [7, 11) is 1.85. The molecular formula is C10H11ClN4. The minimum atomic E-state index is 0.532. The Hall–Kier alpha value is -1.68. The van der Waals surface area contributed by atoms with Crippen LogP contribution >= 0.6 is 11.6 Å². The quantitative estimate of drug-likeness (QED) is 0.768. The van der Waals surface area contributed by atoms with Crippen molar-refractivity contribution >= 4 is 28.8 Å². The lowest BCUT2D eigenvalue weighted by molar-refractivity contribution is 0.771. The second kappa shape index (κ2) is 3.82. The highest BCUT2D eigenvalue weighted by molar-refractivity contribution is 6.33. The normalized spacial score (nSPS) is 10.3. The lowest BCUT2D eigenvalue weighted by atomic mass is 10.2. The molecule has 0 saturated heterocycles. The van der Waals surface area contributed by atoms with E-state index in [4.69, 9.17) is 17.3 Å². The molecule has 0 aliphatic carbocycles. The van der Waals surface area contributed by atoms with Gasteiger partial charge in [0, 0.05) is 19.3 Å². The van der Waals surface area contributed by atoms with Crippen LogP contribution in [0.25, 0.3) is 0 Å². The van der Waals surface area contributed by atoms with E-state index in [1.807, 2.05) is 31.4 Å². The molecule has 2 aromatic rings. The van der Waals surface area contributed by atoms with Crippen LogP contribution < -0.4 is 11.1 Å². The van der Waals surface area contributed by atoms with Crippen LogP contribution in [0.2, 0.25) is 5.02 Å². The molecule has 0 aliphatic heterocycles. The summed E-state index contributed by atoms with van der Waals surface area (Å²) in [6.45, 7) is 0. The van der Waals surface area contributed by atoms with Gasteiger partial charge in [0.2, 0.25) is 0 Å². The van der Waals surface area contributed by atoms with E-state index in [-0.39, 0.29) is 0 Å². The summed E-state index contributed by atoms with van der Waals surface area (Å²) >= 11 is 5.89. The third-order valence-electron chi connectivity index (χ3n) is 2.03. The summed E-state index contributed by atoms with van der Waals surface area (Å²) < 4.78 is 1.71. The first-order chi connectivity index (χ1) is 7.16. The van der Waals surface area contributed by atoms with Gasteiger partial charge in [-0.3, -0.25) is 4.68 Å². The molecule has 5 heteroatoms. The van der Waals surface area contributed by atoms with E-state index >= 15 is 0 Å². The molecular weight excluding hydrogens is 212 g/mol. The molecule has 0 saturated carbocycles. The number of para-hydroxylation sites is 1. The van der Waals surface area contributed by atoms with Gasteiger partial charge in [0.1, 0.15) is 0 Å². The van der Waals surface area contributed by atoms with E-state index in [2.05, 4.69) is 10.4 Å². The summed E-state index contributed by atoms with van der Waals surface area (Å²) in [6.07, 6.45) is 1.85. The fourth-order valence-corrected chi connectivity index (χ4v) is 1.44. The third-order valence-corrected chi connectivity index (χ3v) is 2.36. The van der Waals surface area contributed by atoms with Crippen molar-refractivity contribution in [2.45, 2.75) is 0 Å². The molecule has 1 heterocycles. The van der Waals surface area contributed by atoms with Gasteiger partial charge in [-0.05, 0) is 12.1 Å². The largest absolute Gasteiger partial charge is 0.396 e. The molecule has 4 nitrogen and oxygen atoms in total. The molecule has 0 amide bonds. The van der Waals surface area contributed by atoms with Crippen LogP contribution in [-0.4, -0.2) is 9.78 Å². The topological polar surface area (TPSA) is 55.9 Å². The van der Waals surface area contributed by atoms with Gasteiger partial charge in [0.25, 0.3) is 0 Å². The number of nitrogens with two attached hydrogens (primary N) is 1. The van der Waals surface area contributed by atoms with Gasteiger partial charge in [-0.15, -0.1) is 0 Å². The summed E-state index contributed by atoms with van der Waals surface area (Å²) in [6, 6.07) is 7.31. The number of nitrogens with zero attached hydrogens (tertiary/aromatic N) is 2. The van der Waals surface area contributed by atoms with E-state index in [1.165, 1.54) is 0 Å². The van der Waals surface area contributed by atoms with Crippen molar-refractivity contribution in [2.75, 3.05) is 11.1 Å². The number of anilines is 3. The Labute approximate surface area is 92.7 Å². The van der Waals surface area contributed by atoms with Crippen molar-refractivity contribution in [3.05, 3.63) is 35.5 Å². The molecule has 0 aliphatic rings. The van der Waals surface area contributed by atoms with Gasteiger partial charge in [-0.25, -0.2) is 0 Å². The van der Waals surface area contributed by atoms with E-state index in [0.717, 1.165) is 11.5 Å². The first-order valence-corrected chi connectivity index (χ1v) is 4.85. The lowest BCUT2D eigenvalue weighted by Gasteiger charge is -2.07. The number of rotatable bonds is 2. The molecule has 0 spiro atoms. The number of hydrogen-bond acceptors (Lipinski definition) is 3. The van der Waals surface area contributed by atoms with Crippen LogP contribution in [0.4, 0.5) is 17.2 Å². The molecule has 1 aromatic heterocycles. The number of nitrogen functional groups attached to an aromatic ring is 1. The average molecular weight is 223 g/mol. The number of nitrogens with one attached hydrogen (secondary N) is 1. The van der Waals surface area contributed by atoms with Crippen LogP contribution in [0.1, 0.15) is 0 Å². The molecule has 0 atom stereocenters. The Bertz CT molecular complexity index is 478. The Kier molecular flexibility index (Phi) is 2.51. The van der Waals surface area contributed by atoms with E-state index in [0.29, 0.717) is 10.7 Å². The van der Waals surface area contributed by atoms with Crippen molar-refractivity contribution in [3.8, 4) is 0 Å². The highest BCUT2D eigenvalue weighted by Gasteiger charge is 2.04. The van der Waals surface area contributed by atoms with E-state index in [9.17, 15) is 0 Å². The van der Waals surface area contributed by atoms with Gasteiger partial charge >= 0.3 is 0 Å². The average Bonchev–Trinajstić information content (AvgIpc) is 2.59. The predicted molar refractivity (Wildman–Crippen MR) is 62.4 cm³/mol. The zero-order chi connectivity index (χ0) is 10.8. The summed E-state index contributed by atoms with van der Waals surface area (Å²) in [5.41, 5.74) is 7.11. The molecule has 1 aromatic carbocycles. The number of aryl methyl sites for hydroxylation is 1. The maximum Gasteiger partial charge on any atom is 0.152 e. The summed E-state index contributed by atoms with van der Waals surface area (Å²) in [5, 5.41) is 7.81. The van der Waals surface area contributed by atoms with E-state index in [1.54, 1.807) is 10.7 Å². The zero-order valence-corrected chi connectivity index (χ0v) is 8.99. The van der Waals surface area contributed by atoms with Crippen molar-refractivity contribution in [2.24, 2.45) is 7.05 Å². The molecule has 0 fully saturated rings. The van der Waals surface area contributed by atoms with Gasteiger partial charge in [-0.1, -0.05) is 17.7 Å². The Morgan fingerprint density at radius 3 is 2.87 bits per heavy atom. The van der Waals surface area contributed by atoms with Gasteiger partial charge in [-0.2, -0.15) is 5.10 Å². The minimum Gasteiger partial charge on any atom is -0.396 e. The molecule has 2 rings (SSSR count). The van der Waals surface area contributed by atoms with E-state index < -0.39 is 0 Å². The standard InChI is InChI=1S/C10H11ClN4/c1-15-6-5-9(14-15)13-8-4-2-3-7(11)10(8)12/h2-6H,12H2,1H3,(H,13,14). The molecule has 0 radical (unpaired) electrons. The molecule has 78 valence electrons. The lowest BCUT2D eigenvalue weighted by Crippen LogP contribution is -1.98. The summed E-state index contributed by atoms with van der Waals surface area (Å²) in [4.78, 5) is 0. The molecule has 0 bridgehead atoms. The first-order valence-electron chi connectivity index (χ1n) is 4.47. The fourth-order valence-electron chi connectivity index (χ4n) is 1.27. The van der Waals surface area contributed by atoms with Gasteiger partial charge < -0.3 is 11.1 Å². The second-order valence-electron chi connectivity index (χ2n) is 3.20. The second-order valence-corrected chi connectivity index (χ2v) is 3.61. The zero-order valence-electron chi connectivity index (χ0n) is 8.24. The monoisotopic (exact) mass is 222 g/mol. The number of aromatic nitrogens is 2. The van der Waals surface area contributed by atoms with Crippen LogP contribution in [0.15, 0.2) is 30.5 Å². The predicted octanol–water partition coefficient (Wildman–Crippen LogP) is 2.40. The van der Waals surface area contributed by atoms with Crippen LogP contribution in [-0.2, 0) is 7.05 Å². The summed E-state index contributed by atoms with van der Waals surface area (Å²) in [5.74, 6) is 0.742. The fraction of sp³-hybridized carbons (Fsp3) is 0.100. The van der Waals surface area contributed by atoms with Crippen LogP contribution in [0, 0.1) is 0 Å². The number of benzene rings is 1. The molecule has 0 unspecified atom stereocenters. The van der Waals surface area contributed by atoms with Gasteiger partial charge in [0.05, 0.1) is 16.4 Å². The minimum absolute atomic E-state index is 0.532. The number of halogens is 1. The maximum atomic E-state index is 5.89. The highest BCUT2D eigenvalue weighted by atomic mass is 35.5. The molecule has 3 N–H and O–H groups in total. The van der Waals surface area contributed by atoms with Crippen molar-refractivity contribution in [1.29, 1.82) is 0 Å². The SMILES string of the molecule is Cn1ccc(Nc2cccc(Cl)c2N)n1. The van der Waals surface area contributed by atoms with Crippen molar-refractivity contribution < 1.29 is 0 Å². The first kappa shape index (κ1) is 9.86. The highest BCUT2D eigenvalue weighted by Crippen LogP contribution is 2.28.